The van der Waals surface area contributed by atoms with Crippen LogP contribution >= 0.6 is 0 Å². The standard InChI is InChI=1S/C13H18N2O/c1-9-13(10(2)16-14-9)8-15-11-4-3-5-12(15)7-6-11/h3-4,11-12H,5-8H2,1-2H3. The lowest BCUT2D eigenvalue weighted by molar-refractivity contribution is 0.198. The van der Waals surface area contributed by atoms with Crippen molar-refractivity contribution in [2.24, 2.45) is 0 Å². The normalized spacial score (nSPS) is 28.9. The fourth-order valence-corrected chi connectivity index (χ4v) is 2.97. The number of aromatic nitrogens is 1. The maximum atomic E-state index is 5.23. The monoisotopic (exact) mass is 218 g/mol. The number of aryl methyl sites for hydroxylation is 2. The average Bonchev–Trinajstić information content (AvgIpc) is 2.70. The van der Waals surface area contributed by atoms with E-state index in [2.05, 4.69) is 22.2 Å². The van der Waals surface area contributed by atoms with Crippen LogP contribution in [0.4, 0.5) is 0 Å². The molecular weight excluding hydrogens is 200 g/mol. The molecule has 3 rings (SSSR count). The molecule has 0 saturated carbocycles. The van der Waals surface area contributed by atoms with Crippen LogP contribution in [-0.4, -0.2) is 22.1 Å². The second kappa shape index (κ2) is 3.74. The van der Waals surface area contributed by atoms with Crippen molar-refractivity contribution in [3.63, 3.8) is 0 Å². The first-order chi connectivity index (χ1) is 7.75. The molecule has 3 heterocycles. The lowest BCUT2D eigenvalue weighted by Gasteiger charge is -2.31. The molecule has 0 spiro atoms. The van der Waals surface area contributed by atoms with Gasteiger partial charge in [-0.1, -0.05) is 17.3 Å². The van der Waals surface area contributed by atoms with E-state index in [1.165, 1.54) is 24.8 Å². The smallest absolute Gasteiger partial charge is 0.138 e. The molecule has 0 radical (unpaired) electrons. The summed E-state index contributed by atoms with van der Waals surface area (Å²) in [6.07, 6.45) is 8.55. The minimum Gasteiger partial charge on any atom is -0.361 e. The molecule has 2 bridgehead atoms. The third-order valence-corrected chi connectivity index (χ3v) is 3.98. The van der Waals surface area contributed by atoms with Gasteiger partial charge in [0.2, 0.25) is 0 Å². The number of hydrogen-bond acceptors (Lipinski definition) is 3. The molecular formula is C13H18N2O. The van der Waals surface area contributed by atoms with Crippen LogP contribution in [0.25, 0.3) is 0 Å². The van der Waals surface area contributed by atoms with Gasteiger partial charge >= 0.3 is 0 Å². The molecule has 1 fully saturated rings. The molecule has 0 aromatic carbocycles. The van der Waals surface area contributed by atoms with Crippen molar-refractivity contribution >= 4 is 0 Å². The highest BCUT2D eigenvalue weighted by atomic mass is 16.5. The summed E-state index contributed by atoms with van der Waals surface area (Å²) in [5.74, 6) is 0.978. The molecule has 0 N–H and O–H groups in total. The Morgan fingerprint density at radius 3 is 3.00 bits per heavy atom. The van der Waals surface area contributed by atoms with Gasteiger partial charge < -0.3 is 4.52 Å². The zero-order valence-corrected chi connectivity index (χ0v) is 9.94. The maximum Gasteiger partial charge on any atom is 0.138 e. The first-order valence-corrected chi connectivity index (χ1v) is 6.10. The molecule has 86 valence electrons. The first-order valence-electron chi connectivity index (χ1n) is 6.10. The molecule has 16 heavy (non-hydrogen) atoms. The molecule has 0 amide bonds. The Morgan fingerprint density at radius 1 is 1.44 bits per heavy atom. The summed E-state index contributed by atoms with van der Waals surface area (Å²) in [5.41, 5.74) is 2.33. The van der Waals surface area contributed by atoms with E-state index in [9.17, 15) is 0 Å². The van der Waals surface area contributed by atoms with Crippen LogP contribution in [0.1, 0.15) is 36.3 Å². The molecule has 2 aliphatic heterocycles. The van der Waals surface area contributed by atoms with Gasteiger partial charge in [-0.15, -0.1) is 0 Å². The number of nitrogens with zero attached hydrogens (tertiary/aromatic N) is 2. The summed E-state index contributed by atoms with van der Waals surface area (Å²) in [4.78, 5) is 2.60. The largest absolute Gasteiger partial charge is 0.361 e. The van der Waals surface area contributed by atoms with Crippen LogP contribution in [0.2, 0.25) is 0 Å². The fourth-order valence-electron chi connectivity index (χ4n) is 2.97. The SMILES string of the molecule is Cc1noc(C)c1CN1C2C=CCC1CC2. The molecule has 1 aromatic heterocycles. The van der Waals surface area contributed by atoms with Crippen LogP contribution in [0.3, 0.4) is 0 Å². The minimum absolute atomic E-state index is 0.646. The number of hydrogen-bond donors (Lipinski definition) is 0. The predicted molar refractivity (Wildman–Crippen MR) is 62.1 cm³/mol. The van der Waals surface area contributed by atoms with Crippen molar-refractivity contribution in [2.75, 3.05) is 0 Å². The van der Waals surface area contributed by atoms with E-state index in [0.29, 0.717) is 6.04 Å². The third kappa shape index (κ3) is 1.50. The van der Waals surface area contributed by atoms with Gasteiger partial charge in [-0.05, 0) is 33.1 Å². The van der Waals surface area contributed by atoms with Gasteiger partial charge in [-0.3, -0.25) is 4.90 Å². The summed E-state index contributed by atoms with van der Waals surface area (Å²) >= 11 is 0. The summed E-state index contributed by atoms with van der Waals surface area (Å²) in [6.45, 7) is 5.05. The van der Waals surface area contributed by atoms with Gasteiger partial charge in [0.25, 0.3) is 0 Å². The van der Waals surface area contributed by atoms with Crippen molar-refractivity contribution in [1.82, 2.24) is 10.1 Å². The summed E-state index contributed by atoms with van der Waals surface area (Å²) in [5, 5.41) is 4.03. The van der Waals surface area contributed by atoms with E-state index in [4.69, 9.17) is 4.52 Å². The molecule has 3 nitrogen and oxygen atoms in total. The van der Waals surface area contributed by atoms with Crippen molar-refractivity contribution in [3.05, 3.63) is 29.2 Å². The van der Waals surface area contributed by atoms with Crippen molar-refractivity contribution in [2.45, 2.75) is 51.7 Å². The van der Waals surface area contributed by atoms with Gasteiger partial charge in [-0.2, -0.15) is 0 Å². The van der Waals surface area contributed by atoms with E-state index in [1.54, 1.807) is 0 Å². The van der Waals surface area contributed by atoms with E-state index >= 15 is 0 Å². The topological polar surface area (TPSA) is 29.3 Å². The van der Waals surface area contributed by atoms with Crippen LogP contribution < -0.4 is 0 Å². The Bertz CT molecular complexity index is 402. The van der Waals surface area contributed by atoms with Gasteiger partial charge in [0.05, 0.1) is 5.69 Å². The highest BCUT2D eigenvalue weighted by molar-refractivity contribution is 5.22. The van der Waals surface area contributed by atoms with Crippen molar-refractivity contribution in [3.8, 4) is 0 Å². The van der Waals surface area contributed by atoms with Gasteiger partial charge in [0, 0.05) is 24.2 Å². The van der Waals surface area contributed by atoms with E-state index in [-0.39, 0.29) is 0 Å². The molecule has 2 atom stereocenters. The fraction of sp³-hybridized carbons (Fsp3) is 0.615. The first kappa shape index (κ1) is 10.1. The highest BCUT2D eigenvalue weighted by Crippen LogP contribution is 2.33. The second-order valence-electron chi connectivity index (χ2n) is 4.94. The molecule has 1 saturated heterocycles. The second-order valence-corrected chi connectivity index (χ2v) is 4.94. The molecule has 3 heteroatoms. The Hall–Kier alpha value is -1.09. The molecule has 0 aliphatic carbocycles. The highest BCUT2D eigenvalue weighted by Gasteiger charge is 2.34. The molecule has 2 aliphatic rings. The van der Waals surface area contributed by atoms with Gasteiger partial charge in [0.15, 0.2) is 0 Å². The zero-order valence-electron chi connectivity index (χ0n) is 9.94. The Labute approximate surface area is 96.1 Å². The molecule has 2 unspecified atom stereocenters. The van der Waals surface area contributed by atoms with E-state index in [1.807, 2.05) is 13.8 Å². The van der Waals surface area contributed by atoms with Crippen LogP contribution in [0.15, 0.2) is 16.7 Å². The van der Waals surface area contributed by atoms with Gasteiger partial charge in [-0.25, -0.2) is 0 Å². The molecule has 1 aromatic rings. The average molecular weight is 218 g/mol. The van der Waals surface area contributed by atoms with Crippen LogP contribution in [0.5, 0.6) is 0 Å². The van der Waals surface area contributed by atoms with Gasteiger partial charge in [0.1, 0.15) is 5.76 Å². The Balaban J connectivity index is 1.83. The third-order valence-electron chi connectivity index (χ3n) is 3.98. The minimum atomic E-state index is 0.646. The Morgan fingerprint density at radius 2 is 2.31 bits per heavy atom. The van der Waals surface area contributed by atoms with Crippen molar-refractivity contribution < 1.29 is 4.52 Å². The predicted octanol–water partition coefficient (Wildman–Crippen LogP) is 2.58. The van der Waals surface area contributed by atoms with Crippen LogP contribution in [-0.2, 0) is 6.54 Å². The summed E-state index contributed by atoms with van der Waals surface area (Å²) < 4.78 is 5.23. The van der Waals surface area contributed by atoms with E-state index in [0.717, 1.165) is 24.0 Å². The summed E-state index contributed by atoms with van der Waals surface area (Å²) in [6, 6.07) is 1.39. The quantitative estimate of drug-likeness (QED) is 0.714. The maximum absolute atomic E-state index is 5.23. The number of rotatable bonds is 2. The Kier molecular flexibility index (Phi) is 2.36. The number of fused-ring (bicyclic) bond motifs is 2. The van der Waals surface area contributed by atoms with Crippen LogP contribution in [0, 0.1) is 13.8 Å². The zero-order chi connectivity index (χ0) is 11.1. The lowest BCUT2D eigenvalue weighted by Crippen LogP contribution is -2.36. The van der Waals surface area contributed by atoms with E-state index < -0.39 is 0 Å². The summed E-state index contributed by atoms with van der Waals surface area (Å²) in [7, 11) is 0. The lowest BCUT2D eigenvalue weighted by atomic mass is 10.1. The van der Waals surface area contributed by atoms with Crippen molar-refractivity contribution in [1.29, 1.82) is 0 Å².